The Morgan fingerprint density at radius 1 is 1.11 bits per heavy atom. The van der Waals surface area contributed by atoms with Crippen molar-refractivity contribution in [3.05, 3.63) is 48.0 Å². The Balaban J connectivity index is 1.95. The van der Waals surface area contributed by atoms with E-state index in [1.807, 2.05) is 6.92 Å². The summed E-state index contributed by atoms with van der Waals surface area (Å²) in [5.74, 6) is 0. The third-order valence-corrected chi connectivity index (χ3v) is 3.04. The van der Waals surface area contributed by atoms with Crippen molar-refractivity contribution in [2.24, 2.45) is 0 Å². The molecule has 0 aromatic heterocycles. The summed E-state index contributed by atoms with van der Waals surface area (Å²) in [4.78, 5) is 0. The van der Waals surface area contributed by atoms with Crippen LogP contribution in [-0.2, 0) is 11.3 Å². The third-order valence-electron chi connectivity index (χ3n) is 3.04. The summed E-state index contributed by atoms with van der Waals surface area (Å²) in [5, 5.41) is 6.07. The zero-order valence-corrected chi connectivity index (χ0v) is 11.1. The van der Waals surface area contributed by atoms with Crippen LogP contribution in [0.4, 0.5) is 0 Å². The fourth-order valence-electron chi connectivity index (χ4n) is 1.99. The van der Waals surface area contributed by atoms with Crippen LogP contribution in [0.25, 0.3) is 10.8 Å². The monoisotopic (exact) mass is 243 g/mol. The lowest BCUT2D eigenvalue weighted by Crippen LogP contribution is -2.30. The molecule has 0 aliphatic carbocycles. The standard InChI is InChI=1S/C16H21NO/c1-3-18-12-13(2)17-11-14-8-9-15-6-4-5-7-16(15)10-14/h4-10,13,17H,3,11-12H2,1-2H3. The summed E-state index contributed by atoms with van der Waals surface area (Å²) >= 11 is 0. The van der Waals surface area contributed by atoms with E-state index in [4.69, 9.17) is 4.74 Å². The van der Waals surface area contributed by atoms with Crippen LogP contribution in [0.3, 0.4) is 0 Å². The Kier molecular flexibility index (Phi) is 4.73. The molecule has 96 valence electrons. The van der Waals surface area contributed by atoms with Gasteiger partial charge in [-0.25, -0.2) is 0 Å². The molecule has 1 atom stereocenters. The molecule has 2 aromatic rings. The minimum atomic E-state index is 0.386. The van der Waals surface area contributed by atoms with Crippen molar-refractivity contribution < 1.29 is 4.74 Å². The minimum Gasteiger partial charge on any atom is -0.380 e. The topological polar surface area (TPSA) is 21.3 Å². The van der Waals surface area contributed by atoms with Crippen molar-refractivity contribution in [3.8, 4) is 0 Å². The zero-order chi connectivity index (χ0) is 12.8. The zero-order valence-electron chi connectivity index (χ0n) is 11.1. The van der Waals surface area contributed by atoms with Crippen molar-refractivity contribution in [2.75, 3.05) is 13.2 Å². The first-order valence-electron chi connectivity index (χ1n) is 6.58. The lowest BCUT2D eigenvalue weighted by Gasteiger charge is -2.13. The number of hydrogen-bond acceptors (Lipinski definition) is 2. The van der Waals surface area contributed by atoms with E-state index in [-0.39, 0.29) is 0 Å². The molecule has 0 radical (unpaired) electrons. The maximum absolute atomic E-state index is 5.39. The van der Waals surface area contributed by atoms with Crippen LogP contribution < -0.4 is 5.32 Å². The Labute approximate surface area is 109 Å². The summed E-state index contributed by atoms with van der Waals surface area (Å²) in [6.45, 7) is 6.61. The van der Waals surface area contributed by atoms with Crippen LogP contribution in [0.5, 0.6) is 0 Å². The summed E-state index contributed by atoms with van der Waals surface area (Å²) in [6, 6.07) is 15.4. The molecule has 0 saturated carbocycles. The SMILES string of the molecule is CCOCC(C)NCc1ccc2ccccc2c1. The molecule has 2 nitrogen and oxygen atoms in total. The van der Waals surface area contributed by atoms with E-state index in [1.54, 1.807) is 0 Å². The van der Waals surface area contributed by atoms with Gasteiger partial charge in [-0.1, -0.05) is 36.4 Å². The van der Waals surface area contributed by atoms with E-state index in [0.29, 0.717) is 6.04 Å². The summed E-state index contributed by atoms with van der Waals surface area (Å²) < 4.78 is 5.39. The van der Waals surface area contributed by atoms with E-state index < -0.39 is 0 Å². The fraction of sp³-hybridized carbons (Fsp3) is 0.375. The largest absolute Gasteiger partial charge is 0.380 e. The van der Waals surface area contributed by atoms with Crippen LogP contribution in [0.2, 0.25) is 0 Å². The summed E-state index contributed by atoms with van der Waals surface area (Å²) in [5.41, 5.74) is 1.32. The molecular weight excluding hydrogens is 222 g/mol. The first kappa shape index (κ1) is 13.1. The van der Waals surface area contributed by atoms with Gasteiger partial charge in [0.25, 0.3) is 0 Å². The molecule has 0 aliphatic rings. The highest BCUT2D eigenvalue weighted by atomic mass is 16.5. The molecular formula is C16H21NO. The van der Waals surface area contributed by atoms with E-state index >= 15 is 0 Å². The van der Waals surface area contributed by atoms with Gasteiger partial charge in [0.1, 0.15) is 0 Å². The number of hydrogen-bond donors (Lipinski definition) is 1. The Morgan fingerprint density at radius 2 is 1.89 bits per heavy atom. The molecule has 1 N–H and O–H groups in total. The molecule has 0 saturated heterocycles. The lowest BCUT2D eigenvalue weighted by molar-refractivity contribution is 0.127. The summed E-state index contributed by atoms with van der Waals surface area (Å²) in [6.07, 6.45) is 0. The highest BCUT2D eigenvalue weighted by Crippen LogP contribution is 2.15. The van der Waals surface area contributed by atoms with Crippen molar-refractivity contribution in [3.63, 3.8) is 0 Å². The summed E-state index contributed by atoms with van der Waals surface area (Å²) in [7, 11) is 0. The van der Waals surface area contributed by atoms with Gasteiger partial charge >= 0.3 is 0 Å². The van der Waals surface area contributed by atoms with Crippen molar-refractivity contribution in [1.82, 2.24) is 5.32 Å². The molecule has 1 unspecified atom stereocenters. The highest BCUT2D eigenvalue weighted by Gasteiger charge is 2.01. The van der Waals surface area contributed by atoms with Crippen molar-refractivity contribution >= 4 is 10.8 Å². The number of fused-ring (bicyclic) bond motifs is 1. The van der Waals surface area contributed by atoms with Gasteiger partial charge in [0.15, 0.2) is 0 Å². The van der Waals surface area contributed by atoms with E-state index in [9.17, 15) is 0 Å². The fourth-order valence-corrected chi connectivity index (χ4v) is 1.99. The molecule has 0 spiro atoms. The van der Waals surface area contributed by atoms with Crippen LogP contribution in [-0.4, -0.2) is 19.3 Å². The molecule has 2 aromatic carbocycles. The van der Waals surface area contributed by atoms with Gasteiger partial charge in [-0.3, -0.25) is 0 Å². The van der Waals surface area contributed by atoms with Gasteiger partial charge in [0, 0.05) is 19.2 Å². The highest BCUT2D eigenvalue weighted by molar-refractivity contribution is 5.82. The number of benzene rings is 2. The lowest BCUT2D eigenvalue weighted by atomic mass is 10.1. The second kappa shape index (κ2) is 6.53. The first-order valence-corrected chi connectivity index (χ1v) is 6.58. The average molecular weight is 243 g/mol. The van der Waals surface area contributed by atoms with Gasteiger partial charge < -0.3 is 10.1 Å². The van der Waals surface area contributed by atoms with Gasteiger partial charge in [-0.15, -0.1) is 0 Å². The van der Waals surface area contributed by atoms with Crippen molar-refractivity contribution in [2.45, 2.75) is 26.4 Å². The maximum Gasteiger partial charge on any atom is 0.0616 e. The van der Waals surface area contributed by atoms with Gasteiger partial charge in [-0.2, -0.15) is 0 Å². The smallest absolute Gasteiger partial charge is 0.0616 e. The number of ether oxygens (including phenoxy) is 1. The first-order chi connectivity index (χ1) is 8.79. The van der Waals surface area contributed by atoms with Gasteiger partial charge in [0.2, 0.25) is 0 Å². The number of nitrogens with one attached hydrogen (secondary N) is 1. The second-order valence-electron chi connectivity index (χ2n) is 4.62. The quantitative estimate of drug-likeness (QED) is 0.840. The predicted molar refractivity (Wildman–Crippen MR) is 76.7 cm³/mol. The van der Waals surface area contributed by atoms with E-state index in [1.165, 1.54) is 16.3 Å². The molecule has 0 bridgehead atoms. The minimum absolute atomic E-state index is 0.386. The van der Waals surface area contributed by atoms with Crippen molar-refractivity contribution in [1.29, 1.82) is 0 Å². The van der Waals surface area contributed by atoms with Crippen LogP contribution in [0.15, 0.2) is 42.5 Å². The molecule has 2 rings (SSSR count). The van der Waals surface area contributed by atoms with E-state index in [2.05, 4.69) is 54.7 Å². The molecule has 2 heteroatoms. The molecule has 0 heterocycles. The van der Waals surface area contributed by atoms with Gasteiger partial charge in [0.05, 0.1) is 6.61 Å². The van der Waals surface area contributed by atoms with Crippen LogP contribution >= 0.6 is 0 Å². The average Bonchev–Trinajstić information content (AvgIpc) is 2.42. The Bertz CT molecular complexity index is 495. The third kappa shape index (κ3) is 3.56. The molecule has 0 aliphatic heterocycles. The predicted octanol–water partition coefficient (Wildman–Crippen LogP) is 3.35. The molecule has 0 amide bonds. The van der Waals surface area contributed by atoms with Crippen LogP contribution in [0.1, 0.15) is 19.4 Å². The normalized spacial score (nSPS) is 12.8. The Hall–Kier alpha value is -1.38. The number of rotatable bonds is 6. The second-order valence-corrected chi connectivity index (χ2v) is 4.62. The Morgan fingerprint density at radius 3 is 2.67 bits per heavy atom. The van der Waals surface area contributed by atoms with Crippen LogP contribution in [0, 0.1) is 0 Å². The molecule has 18 heavy (non-hydrogen) atoms. The van der Waals surface area contributed by atoms with E-state index in [0.717, 1.165) is 19.8 Å². The van der Waals surface area contributed by atoms with Gasteiger partial charge in [-0.05, 0) is 36.2 Å². The maximum atomic E-state index is 5.39. The molecule has 0 fully saturated rings.